The van der Waals surface area contributed by atoms with E-state index in [9.17, 15) is 4.39 Å². The molecule has 3 rings (SSSR count). The monoisotopic (exact) mass is 392 g/mol. The fourth-order valence-electron chi connectivity index (χ4n) is 2.80. The van der Waals surface area contributed by atoms with Gasteiger partial charge in [-0.15, -0.1) is 0 Å². The highest BCUT2D eigenvalue weighted by Gasteiger charge is 2.52. The van der Waals surface area contributed by atoms with E-state index in [4.69, 9.17) is 30.4 Å². The third-order valence-corrected chi connectivity index (χ3v) is 5.40. The quantitative estimate of drug-likeness (QED) is 0.708. The van der Waals surface area contributed by atoms with Crippen LogP contribution in [0.2, 0.25) is 5.02 Å². The summed E-state index contributed by atoms with van der Waals surface area (Å²) in [4.78, 5) is 0. The Morgan fingerprint density at radius 3 is 2.33 bits per heavy atom. The van der Waals surface area contributed by atoms with Crippen LogP contribution in [0, 0.1) is 5.82 Å². The second-order valence-electron chi connectivity index (χ2n) is 7.50. The van der Waals surface area contributed by atoms with E-state index in [-0.39, 0.29) is 17.4 Å². The Bertz CT molecular complexity index is 804. The van der Waals surface area contributed by atoms with Crippen LogP contribution in [0.3, 0.4) is 0 Å². The third kappa shape index (κ3) is 3.93. The lowest BCUT2D eigenvalue weighted by atomic mass is 9.77. The molecule has 1 aliphatic heterocycles. The Kier molecular flexibility index (Phi) is 5.44. The van der Waals surface area contributed by atoms with Crippen molar-refractivity contribution in [1.82, 2.24) is 0 Å². The van der Waals surface area contributed by atoms with Crippen LogP contribution in [0.15, 0.2) is 36.4 Å². The molecule has 1 heterocycles. The summed E-state index contributed by atoms with van der Waals surface area (Å²) in [5, 5.41) is 0.231. The average molecular weight is 393 g/mol. The fourth-order valence-corrected chi connectivity index (χ4v) is 3.02. The van der Waals surface area contributed by atoms with Crippen LogP contribution in [-0.4, -0.2) is 25.4 Å². The Morgan fingerprint density at radius 2 is 1.74 bits per heavy atom. The summed E-state index contributed by atoms with van der Waals surface area (Å²) in [5.74, 6) is 0.190. The standard InChI is InChI=1S/C20H23BClFO4/c1-19(2)20(3,4)27-21(26-19)14-11-13(9-10-17(14)24-5)12-25-18-15(22)7-6-8-16(18)23/h6-11H,12H2,1-5H3. The molecule has 0 spiro atoms. The number of benzene rings is 2. The summed E-state index contributed by atoms with van der Waals surface area (Å²) in [6, 6.07) is 9.99. The molecule has 0 atom stereocenters. The normalized spacial score (nSPS) is 17.8. The summed E-state index contributed by atoms with van der Waals surface area (Å²) in [6.07, 6.45) is 0. The smallest absolute Gasteiger partial charge is 0.497 e. The second-order valence-corrected chi connectivity index (χ2v) is 7.91. The van der Waals surface area contributed by atoms with Crippen molar-refractivity contribution in [2.45, 2.75) is 45.5 Å². The van der Waals surface area contributed by atoms with Crippen molar-refractivity contribution in [3.8, 4) is 11.5 Å². The largest absolute Gasteiger partial charge is 0.498 e. The summed E-state index contributed by atoms with van der Waals surface area (Å²) in [5.41, 5.74) is 0.655. The zero-order valence-electron chi connectivity index (χ0n) is 16.1. The van der Waals surface area contributed by atoms with Crippen molar-refractivity contribution in [3.05, 3.63) is 52.8 Å². The number of para-hydroxylation sites is 1. The maximum Gasteiger partial charge on any atom is 0.498 e. The minimum absolute atomic E-state index is 0.0344. The molecule has 144 valence electrons. The van der Waals surface area contributed by atoms with Crippen molar-refractivity contribution in [3.63, 3.8) is 0 Å². The lowest BCUT2D eigenvalue weighted by molar-refractivity contribution is 0.00578. The van der Waals surface area contributed by atoms with E-state index in [2.05, 4.69) is 0 Å². The highest BCUT2D eigenvalue weighted by molar-refractivity contribution is 6.63. The predicted octanol–water partition coefficient (Wildman–Crippen LogP) is 4.37. The molecule has 0 saturated carbocycles. The van der Waals surface area contributed by atoms with Gasteiger partial charge in [0.2, 0.25) is 0 Å². The molecule has 0 aromatic heterocycles. The molecule has 0 bridgehead atoms. The Hall–Kier alpha value is -1.76. The van der Waals surface area contributed by atoms with Crippen LogP contribution in [0.1, 0.15) is 33.3 Å². The lowest BCUT2D eigenvalue weighted by Gasteiger charge is -2.32. The minimum atomic E-state index is -0.568. The number of halogens is 2. The molecule has 1 fully saturated rings. The molecule has 0 N–H and O–H groups in total. The van der Waals surface area contributed by atoms with E-state index in [0.717, 1.165) is 11.0 Å². The Morgan fingerprint density at radius 1 is 1.07 bits per heavy atom. The first-order valence-corrected chi connectivity index (χ1v) is 9.12. The number of hydrogen-bond donors (Lipinski definition) is 0. The molecular formula is C20H23BClFO4. The van der Waals surface area contributed by atoms with Gasteiger partial charge >= 0.3 is 7.12 Å². The van der Waals surface area contributed by atoms with Crippen molar-refractivity contribution in [1.29, 1.82) is 0 Å². The van der Waals surface area contributed by atoms with E-state index in [0.29, 0.717) is 5.75 Å². The van der Waals surface area contributed by atoms with Gasteiger partial charge in [0.1, 0.15) is 12.4 Å². The van der Waals surface area contributed by atoms with Crippen LogP contribution in [0.4, 0.5) is 4.39 Å². The van der Waals surface area contributed by atoms with Crippen LogP contribution in [0.25, 0.3) is 0 Å². The first-order valence-electron chi connectivity index (χ1n) is 8.74. The van der Waals surface area contributed by atoms with Crippen LogP contribution >= 0.6 is 11.6 Å². The van der Waals surface area contributed by atoms with Gasteiger partial charge in [0.25, 0.3) is 0 Å². The van der Waals surface area contributed by atoms with E-state index in [1.807, 2.05) is 45.9 Å². The molecule has 4 nitrogen and oxygen atoms in total. The summed E-state index contributed by atoms with van der Waals surface area (Å²) in [6.45, 7) is 8.12. The molecule has 7 heteroatoms. The van der Waals surface area contributed by atoms with Crippen molar-refractivity contribution in [2.75, 3.05) is 7.11 Å². The van der Waals surface area contributed by atoms with Gasteiger partial charge in [0, 0.05) is 5.46 Å². The maximum absolute atomic E-state index is 13.9. The topological polar surface area (TPSA) is 36.9 Å². The number of hydrogen-bond acceptors (Lipinski definition) is 4. The van der Waals surface area contributed by atoms with Crippen molar-refractivity contribution in [2.24, 2.45) is 0 Å². The molecule has 2 aromatic carbocycles. The summed E-state index contributed by atoms with van der Waals surface area (Å²) < 4.78 is 37.2. The summed E-state index contributed by atoms with van der Waals surface area (Å²) in [7, 11) is 1.03. The van der Waals surface area contributed by atoms with E-state index >= 15 is 0 Å². The maximum atomic E-state index is 13.9. The van der Waals surface area contributed by atoms with Crippen LogP contribution in [0.5, 0.6) is 11.5 Å². The van der Waals surface area contributed by atoms with Gasteiger partial charge < -0.3 is 18.8 Å². The number of rotatable bonds is 5. The molecule has 2 aromatic rings. The third-order valence-electron chi connectivity index (χ3n) is 5.10. The van der Waals surface area contributed by atoms with Gasteiger partial charge in [-0.2, -0.15) is 0 Å². The molecule has 0 aliphatic carbocycles. The molecule has 0 radical (unpaired) electrons. The number of methoxy groups -OCH3 is 1. The van der Waals surface area contributed by atoms with E-state index in [1.54, 1.807) is 13.2 Å². The second kappa shape index (κ2) is 7.34. The Balaban J connectivity index is 1.84. The minimum Gasteiger partial charge on any atom is -0.497 e. The molecule has 27 heavy (non-hydrogen) atoms. The lowest BCUT2D eigenvalue weighted by Crippen LogP contribution is -2.41. The van der Waals surface area contributed by atoms with Crippen molar-refractivity contribution < 1.29 is 23.2 Å². The first kappa shape index (κ1) is 20.0. The zero-order valence-corrected chi connectivity index (χ0v) is 16.9. The van der Waals surface area contributed by atoms with E-state index in [1.165, 1.54) is 12.1 Å². The zero-order chi connectivity index (χ0) is 19.8. The molecule has 1 aliphatic rings. The van der Waals surface area contributed by atoms with E-state index < -0.39 is 24.1 Å². The fraction of sp³-hybridized carbons (Fsp3) is 0.400. The molecular weight excluding hydrogens is 369 g/mol. The van der Waals surface area contributed by atoms with Gasteiger partial charge in [-0.1, -0.05) is 29.8 Å². The molecule has 1 saturated heterocycles. The predicted molar refractivity (Wildman–Crippen MR) is 104 cm³/mol. The van der Waals surface area contributed by atoms with Crippen LogP contribution in [-0.2, 0) is 15.9 Å². The number of ether oxygens (including phenoxy) is 2. The Labute approximate surface area is 164 Å². The van der Waals surface area contributed by atoms with Gasteiger partial charge in [-0.05, 0) is 51.5 Å². The van der Waals surface area contributed by atoms with Gasteiger partial charge in [-0.25, -0.2) is 4.39 Å². The summed E-state index contributed by atoms with van der Waals surface area (Å²) >= 11 is 6.02. The van der Waals surface area contributed by atoms with Crippen molar-refractivity contribution >= 4 is 24.2 Å². The molecule has 0 unspecified atom stereocenters. The van der Waals surface area contributed by atoms with Gasteiger partial charge in [0.15, 0.2) is 11.6 Å². The van der Waals surface area contributed by atoms with Crippen LogP contribution < -0.4 is 14.9 Å². The van der Waals surface area contributed by atoms with Gasteiger partial charge in [0.05, 0.1) is 23.3 Å². The molecule has 0 amide bonds. The highest BCUT2D eigenvalue weighted by Crippen LogP contribution is 2.37. The SMILES string of the molecule is COc1ccc(COc2c(F)cccc2Cl)cc1B1OC(C)(C)C(C)(C)O1. The first-order chi connectivity index (χ1) is 12.6. The van der Waals surface area contributed by atoms with Gasteiger partial charge in [-0.3, -0.25) is 0 Å². The average Bonchev–Trinajstić information content (AvgIpc) is 2.82. The highest BCUT2D eigenvalue weighted by atomic mass is 35.5.